The molecule has 0 N–H and O–H groups in total. The minimum Gasteiger partial charge on any atom is -0.469 e. The molecule has 4 nitrogen and oxygen atoms in total. The minimum absolute atomic E-state index is 0.117. The Balaban J connectivity index is 2.05. The van der Waals surface area contributed by atoms with Gasteiger partial charge in [-0.05, 0) is 25.5 Å². The first-order chi connectivity index (χ1) is 7.68. The molecule has 0 atom stereocenters. The van der Waals surface area contributed by atoms with Crippen molar-refractivity contribution in [3.8, 4) is 0 Å². The Labute approximate surface area is 94.6 Å². The van der Waals surface area contributed by atoms with Crippen LogP contribution in [0.5, 0.6) is 0 Å². The number of ketones is 1. The first-order valence-corrected chi connectivity index (χ1v) is 5.36. The van der Waals surface area contributed by atoms with E-state index in [-0.39, 0.29) is 11.8 Å². The molecule has 0 unspecified atom stereocenters. The van der Waals surface area contributed by atoms with Crippen LogP contribution in [0.4, 0.5) is 0 Å². The maximum Gasteiger partial charge on any atom is 0.306 e. The van der Waals surface area contributed by atoms with Crippen LogP contribution < -0.4 is 0 Å². The number of rotatable bonds is 7. The van der Waals surface area contributed by atoms with Crippen molar-refractivity contribution in [2.75, 3.05) is 6.61 Å². The van der Waals surface area contributed by atoms with Crippen LogP contribution in [0.15, 0.2) is 22.8 Å². The Kier molecular flexibility index (Phi) is 5.32. The number of aryl methyl sites for hydroxylation is 1. The first-order valence-electron chi connectivity index (χ1n) is 5.36. The van der Waals surface area contributed by atoms with Gasteiger partial charge in [-0.1, -0.05) is 0 Å². The van der Waals surface area contributed by atoms with Crippen LogP contribution in [-0.4, -0.2) is 18.4 Å². The van der Waals surface area contributed by atoms with Crippen LogP contribution in [0.3, 0.4) is 0 Å². The molecule has 1 rings (SSSR count). The van der Waals surface area contributed by atoms with E-state index in [4.69, 9.17) is 9.15 Å². The number of carbonyl (C=O) groups excluding carboxylic acids is 2. The van der Waals surface area contributed by atoms with Gasteiger partial charge in [0.05, 0.1) is 19.3 Å². The van der Waals surface area contributed by atoms with Gasteiger partial charge in [-0.25, -0.2) is 0 Å². The third-order valence-corrected chi connectivity index (χ3v) is 2.09. The van der Waals surface area contributed by atoms with Crippen molar-refractivity contribution in [3.63, 3.8) is 0 Å². The molecular weight excluding hydrogens is 208 g/mol. The Morgan fingerprint density at radius 3 is 2.81 bits per heavy atom. The quantitative estimate of drug-likeness (QED) is 0.526. The fourth-order valence-corrected chi connectivity index (χ4v) is 1.26. The molecule has 0 aromatic carbocycles. The highest BCUT2D eigenvalue weighted by Crippen LogP contribution is 2.04. The summed E-state index contributed by atoms with van der Waals surface area (Å²) in [5.41, 5.74) is 0. The summed E-state index contributed by atoms with van der Waals surface area (Å²) in [5, 5.41) is 0. The summed E-state index contributed by atoms with van der Waals surface area (Å²) in [6, 6.07) is 3.61. The highest BCUT2D eigenvalue weighted by atomic mass is 16.5. The molecule has 0 bridgehead atoms. The molecular formula is C12H16O4. The SMILES string of the molecule is CC(=O)CCCOC(=O)CCc1ccco1. The Hall–Kier alpha value is -1.58. The topological polar surface area (TPSA) is 56.5 Å². The largest absolute Gasteiger partial charge is 0.469 e. The van der Waals surface area contributed by atoms with E-state index in [0.29, 0.717) is 32.3 Å². The van der Waals surface area contributed by atoms with Crippen LogP contribution in [-0.2, 0) is 20.7 Å². The fraction of sp³-hybridized carbons (Fsp3) is 0.500. The zero-order chi connectivity index (χ0) is 11.8. The van der Waals surface area contributed by atoms with Crippen molar-refractivity contribution in [2.24, 2.45) is 0 Å². The van der Waals surface area contributed by atoms with Gasteiger partial charge in [-0.2, -0.15) is 0 Å². The van der Waals surface area contributed by atoms with E-state index in [1.54, 1.807) is 12.3 Å². The number of esters is 1. The van der Waals surface area contributed by atoms with Gasteiger partial charge in [0, 0.05) is 12.8 Å². The van der Waals surface area contributed by atoms with E-state index in [1.807, 2.05) is 6.07 Å². The lowest BCUT2D eigenvalue weighted by molar-refractivity contribution is -0.144. The van der Waals surface area contributed by atoms with Crippen LogP contribution in [0.25, 0.3) is 0 Å². The number of Topliss-reactive ketones (excluding diaryl/α,β-unsaturated/α-hetero) is 1. The molecule has 0 fully saturated rings. The Morgan fingerprint density at radius 1 is 1.38 bits per heavy atom. The van der Waals surface area contributed by atoms with Crippen LogP contribution in [0.2, 0.25) is 0 Å². The zero-order valence-electron chi connectivity index (χ0n) is 9.40. The molecule has 0 saturated heterocycles. The summed E-state index contributed by atoms with van der Waals surface area (Å²) < 4.78 is 10.0. The van der Waals surface area contributed by atoms with Gasteiger partial charge in [0.1, 0.15) is 11.5 Å². The smallest absolute Gasteiger partial charge is 0.306 e. The molecule has 88 valence electrons. The third kappa shape index (κ3) is 5.34. The molecule has 1 heterocycles. The molecule has 4 heteroatoms. The van der Waals surface area contributed by atoms with E-state index in [9.17, 15) is 9.59 Å². The molecule has 0 aliphatic rings. The van der Waals surface area contributed by atoms with Gasteiger partial charge in [0.15, 0.2) is 0 Å². The highest BCUT2D eigenvalue weighted by Gasteiger charge is 2.05. The lowest BCUT2D eigenvalue weighted by Gasteiger charge is -2.02. The molecule has 0 aliphatic heterocycles. The monoisotopic (exact) mass is 224 g/mol. The maximum atomic E-state index is 11.2. The summed E-state index contributed by atoms with van der Waals surface area (Å²) in [6.45, 7) is 1.84. The zero-order valence-corrected chi connectivity index (χ0v) is 9.40. The first kappa shape index (κ1) is 12.5. The summed E-state index contributed by atoms with van der Waals surface area (Å²) >= 11 is 0. The van der Waals surface area contributed by atoms with Gasteiger partial charge in [0.25, 0.3) is 0 Å². The fourth-order valence-electron chi connectivity index (χ4n) is 1.26. The molecule has 0 aliphatic carbocycles. The van der Waals surface area contributed by atoms with Crippen molar-refractivity contribution in [1.82, 2.24) is 0 Å². The standard InChI is InChI=1S/C12H16O4/c1-10(13)4-2-9-16-12(14)7-6-11-5-3-8-15-11/h3,5,8H,2,4,6-7,9H2,1H3. The molecule has 1 aromatic heterocycles. The number of hydrogen-bond acceptors (Lipinski definition) is 4. The van der Waals surface area contributed by atoms with Crippen molar-refractivity contribution < 1.29 is 18.7 Å². The highest BCUT2D eigenvalue weighted by molar-refractivity contribution is 5.75. The maximum absolute atomic E-state index is 11.2. The van der Waals surface area contributed by atoms with E-state index in [2.05, 4.69) is 0 Å². The van der Waals surface area contributed by atoms with Crippen LogP contribution in [0, 0.1) is 0 Å². The van der Waals surface area contributed by atoms with Gasteiger partial charge < -0.3 is 13.9 Å². The van der Waals surface area contributed by atoms with Crippen LogP contribution in [0.1, 0.15) is 31.9 Å². The lowest BCUT2D eigenvalue weighted by atomic mass is 10.2. The van der Waals surface area contributed by atoms with Crippen molar-refractivity contribution in [2.45, 2.75) is 32.6 Å². The molecule has 0 radical (unpaired) electrons. The molecule has 0 amide bonds. The van der Waals surface area contributed by atoms with Crippen molar-refractivity contribution in [3.05, 3.63) is 24.2 Å². The van der Waals surface area contributed by atoms with E-state index >= 15 is 0 Å². The van der Waals surface area contributed by atoms with Crippen LogP contribution >= 0.6 is 0 Å². The van der Waals surface area contributed by atoms with E-state index in [0.717, 1.165) is 5.76 Å². The lowest BCUT2D eigenvalue weighted by Crippen LogP contribution is -2.07. The molecule has 0 saturated carbocycles. The van der Waals surface area contributed by atoms with Gasteiger partial charge in [0.2, 0.25) is 0 Å². The van der Waals surface area contributed by atoms with Crippen molar-refractivity contribution in [1.29, 1.82) is 0 Å². The Bertz CT molecular complexity index is 327. The third-order valence-electron chi connectivity index (χ3n) is 2.09. The average Bonchev–Trinajstić information content (AvgIpc) is 2.74. The summed E-state index contributed by atoms with van der Waals surface area (Å²) in [5.74, 6) is 0.646. The summed E-state index contributed by atoms with van der Waals surface area (Å²) in [7, 11) is 0. The number of ether oxygens (including phenoxy) is 1. The normalized spacial score (nSPS) is 10.1. The van der Waals surface area contributed by atoms with Gasteiger partial charge in [-0.3, -0.25) is 4.79 Å². The molecule has 0 spiro atoms. The minimum atomic E-state index is -0.250. The van der Waals surface area contributed by atoms with Gasteiger partial charge >= 0.3 is 5.97 Å². The second-order valence-electron chi connectivity index (χ2n) is 3.61. The average molecular weight is 224 g/mol. The number of carbonyl (C=O) groups is 2. The summed E-state index contributed by atoms with van der Waals surface area (Å²) in [6.07, 6.45) is 3.51. The van der Waals surface area contributed by atoms with Crippen molar-refractivity contribution >= 4 is 11.8 Å². The number of furan rings is 1. The predicted molar refractivity (Wildman–Crippen MR) is 57.9 cm³/mol. The second kappa shape index (κ2) is 6.82. The molecule has 16 heavy (non-hydrogen) atoms. The second-order valence-corrected chi connectivity index (χ2v) is 3.61. The van der Waals surface area contributed by atoms with E-state index < -0.39 is 0 Å². The Morgan fingerprint density at radius 2 is 2.19 bits per heavy atom. The number of hydrogen-bond donors (Lipinski definition) is 0. The van der Waals surface area contributed by atoms with Gasteiger partial charge in [-0.15, -0.1) is 0 Å². The van der Waals surface area contributed by atoms with E-state index in [1.165, 1.54) is 6.92 Å². The summed E-state index contributed by atoms with van der Waals surface area (Å²) in [4.78, 5) is 21.9. The molecule has 1 aromatic rings. The predicted octanol–water partition coefficient (Wildman–Crippen LogP) is 2.12.